The highest BCUT2D eigenvalue weighted by atomic mass is 16.5. The Labute approximate surface area is 114 Å². The van der Waals surface area contributed by atoms with Crippen molar-refractivity contribution < 1.29 is 14.6 Å². The van der Waals surface area contributed by atoms with Crippen LogP contribution < -0.4 is 10.1 Å². The Morgan fingerprint density at radius 1 is 1.47 bits per heavy atom. The van der Waals surface area contributed by atoms with Gasteiger partial charge in [-0.15, -0.1) is 0 Å². The minimum atomic E-state index is -0.143. The Morgan fingerprint density at radius 2 is 2.21 bits per heavy atom. The number of amides is 1. The molecule has 19 heavy (non-hydrogen) atoms. The lowest BCUT2D eigenvalue weighted by atomic mass is 10.1. The molecular weight excluding hydrogens is 242 g/mol. The molecule has 0 heterocycles. The number of benzene rings is 1. The smallest absolute Gasteiger partial charge is 0.244 e. The third-order valence-electron chi connectivity index (χ3n) is 2.80. The number of carbonyl (C=O) groups excluding carboxylic acids is 1. The number of rotatable bonds is 7. The van der Waals surface area contributed by atoms with E-state index in [9.17, 15) is 4.79 Å². The third kappa shape index (κ3) is 5.57. The molecule has 4 heteroatoms. The SMILES string of the molecule is COc1ccccc1/C=C/C(=O)NCC(C)CCO. The quantitative estimate of drug-likeness (QED) is 0.738. The topological polar surface area (TPSA) is 58.6 Å². The van der Waals surface area contributed by atoms with Crippen LogP contribution in [0.1, 0.15) is 18.9 Å². The summed E-state index contributed by atoms with van der Waals surface area (Å²) in [5, 5.41) is 11.6. The van der Waals surface area contributed by atoms with Crippen molar-refractivity contribution in [2.24, 2.45) is 5.92 Å². The van der Waals surface area contributed by atoms with Crippen molar-refractivity contribution in [3.05, 3.63) is 35.9 Å². The largest absolute Gasteiger partial charge is 0.496 e. The summed E-state index contributed by atoms with van der Waals surface area (Å²) in [4.78, 5) is 11.6. The molecule has 1 amide bonds. The average Bonchev–Trinajstić information content (AvgIpc) is 2.43. The first-order valence-electron chi connectivity index (χ1n) is 6.37. The zero-order valence-corrected chi connectivity index (χ0v) is 11.4. The molecule has 1 aromatic carbocycles. The second kappa shape index (κ2) is 8.32. The molecule has 1 unspecified atom stereocenters. The highest BCUT2D eigenvalue weighted by molar-refractivity contribution is 5.92. The number of hydrogen-bond donors (Lipinski definition) is 2. The lowest BCUT2D eigenvalue weighted by Crippen LogP contribution is -2.26. The third-order valence-corrected chi connectivity index (χ3v) is 2.80. The predicted molar refractivity (Wildman–Crippen MR) is 75.9 cm³/mol. The normalized spacial score (nSPS) is 12.4. The van der Waals surface area contributed by atoms with E-state index < -0.39 is 0 Å². The number of carbonyl (C=O) groups is 1. The van der Waals surface area contributed by atoms with E-state index in [1.807, 2.05) is 31.2 Å². The van der Waals surface area contributed by atoms with Gasteiger partial charge in [0.1, 0.15) is 5.75 Å². The van der Waals surface area contributed by atoms with Gasteiger partial charge in [0.25, 0.3) is 0 Å². The Bertz CT molecular complexity index is 429. The van der Waals surface area contributed by atoms with Gasteiger partial charge >= 0.3 is 0 Å². The van der Waals surface area contributed by atoms with Gasteiger partial charge in [-0.2, -0.15) is 0 Å². The van der Waals surface area contributed by atoms with Crippen LogP contribution in [0, 0.1) is 5.92 Å². The van der Waals surface area contributed by atoms with Gasteiger partial charge in [-0.25, -0.2) is 0 Å². The van der Waals surface area contributed by atoms with Gasteiger partial charge in [-0.05, 0) is 24.5 Å². The van der Waals surface area contributed by atoms with Crippen LogP contribution in [-0.2, 0) is 4.79 Å². The summed E-state index contributed by atoms with van der Waals surface area (Å²) in [7, 11) is 1.60. The molecule has 0 radical (unpaired) electrons. The van der Waals surface area contributed by atoms with Gasteiger partial charge in [-0.3, -0.25) is 4.79 Å². The Balaban J connectivity index is 2.49. The summed E-state index contributed by atoms with van der Waals surface area (Å²) >= 11 is 0. The molecule has 0 bridgehead atoms. The first-order valence-corrected chi connectivity index (χ1v) is 6.37. The van der Waals surface area contributed by atoms with Crippen molar-refractivity contribution >= 4 is 12.0 Å². The van der Waals surface area contributed by atoms with E-state index >= 15 is 0 Å². The number of ether oxygens (including phenoxy) is 1. The average molecular weight is 263 g/mol. The van der Waals surface area contributed by atoms with E-state index in [0.717, 1.165) is 11.3 Å². The highest BCUT2D eigenvalue weighted by Gasteiger charge is 2.03. The van der Waals surface area contributed by atoms with E-state index in [-0.39, 0.29) is 18.4 Å². The lowest BCUT2D eigenvalue weighted by Gasteiger charge is -2.09. The zero-order valence-electron chi connectivity index (χ0n) is 11.4. The van der Waals surface area contributed by atoms with Crippen LogP contribution in [0.3, 0.4) is 0 Å². The summed E-state index contributed by atoms with van der Waals surface area (Å²) in [5.74, 6) is 0.865. The molecule has 1 rings (SSSR count). The number of aliphatic hydroxyl groups is 1. The first kappa shape index (κ1) is 15.2. The summed E-state index contributed by atoms with van der Waals surface area (Å²) < 4.78 is 5.20. The number of aliphatic hydroxyl groups excluding tert-OH is 1. The zero-order chi connectivity index (χ0) is 14.1. The van der Waals surface area contributed by atoms with Crippen molar-refractivity contribution in [2.45, 2.75) is 13.3 Å². The summed E-state index contributed by atoms with van der Waals surface area (Å²) in [6, 6.07) is 7.51. The van der Waals surface area contributed by atoms with E-state index in [2.05, 4.69) is 5.32 Å². The molecule has 0 fully saturated rings. The molecule has 1 aromatic rings. The van der Waals surface area contributed by atoms with Crippen LogP contribution in [-0.4, -0.2) is 31.3 Å². The molecule has 0 aliphatic heterocycles. The predicted octanol–water partition coefficient (Wildman–Crippen LogP) is 1.84. The van der Waals surface area contributed by atoms with Crippen molar-refractivity contribution in [3.63, 3.8) is 0 Å². The van der Waals surface area contributed by atoms with Gasteiger partial charge in [-0.1, -0.05) is 25.1 Å². The van der Waals surface area contributed by atoms with Crippen LogP contribution in [0.4, 0.5) is 0 Å². The molecular formula is C15H21NO3. The second-order valence-corrected chi connectivity index (χ2v) is 4.44. The molecule has 0 aliphatic carbocycles. The van der Waals surface area contributed by atoms with Crippen molar-refractivity contribution in [2.75, 3.05) is 20.3 Å². The van der Waals surface area contributed by atoms with Gasteiger partial charge < -0.3 is 15.2 Å². The lowest BCUT2D eigenvalue weighted by molar-refractivity contribution is -0.116. The first-order chi connectivity index (χ1) is 9.17. The summed E-state index contributed by atoms with van der Waals surface area (Å²) in [6.45, 7) is 2.70. The van der Waals surface area contributed by atoms with Crippen molar-refractivity contribution in [1.29, 1.82) is 0 Å². The number of para-hydroxylation sites is 1. The highest BCUT2D eigenvalue weighted by Crippen LogP contribution is 2.18. The molecule has 0 aliphatic rings. The van der Waals surface area contributed by atoms with Crippen molar-refractivity contribution in [1.82, 2.24) is 5.32 Å². The Morgan fingerprint density at radius 3 is 2.89 bits per heavy atom. The van der Waals surface area contributed by atoms with Gasteiger partial charge in [0, 0.05) is 24.8 Å². The molecule has 104 valence electrons. The minimum Gasteiger partial charge on any atom is -0.496 e. The van der Waals surface area contributed by atoms with Crippen LogP contribution in [0.5, 0.6) is 5.75 Å². The molecule has 0 aromatic heterocycles. The molecule has 2 N–H and O–H groups in total. The minimum absolute atomic E-state index is 0.143. The van der Waals surface area contributed by atoms with Crippen LogP contribution in [0.25, 0.3) is 6.08 Å². The van der Waals surface area contributed by atoms with E-state index in [1.165, 1.54) is 6.08 Å². The Kier molecular flexibility index (Phi) is 6.68. The molecule has 0 saturated heterocycles. The number of methoxy groups -OCH3 is 1. The van der Waals surface area contributed by atoms with Crippen molar-refractivity contribution in [3.8, 4) is 5.75 Å². The molecule has 0 saturated carbocycles. The fourth-order valence-electron chi connectivity index (χ4n) is 1.63. The van der Waals surface area contributed by atoms with Crippen LogP contribution in [0.15, 0.2) is 30.3 Å². The van der Waals surface area contributed by atoms with E-state index in [1.54, 1.807) is 13.2 Å². The standard InChI is InChI=1S/C15H21NO3/c1-12(9-10-17)11-16-15(18)8-7-13-5-3-4-6-14(13)19-2/h3-8,12,17H,9-11H2,1-2H3,(H,16,18)/b8-7+. The summed E-state index contributed by atoms with van der Waals surface area (Å²) in [6.07, 6.45) is 3.91. The van der Waals surface area contributed by atoms with Gasteiger partial charge in [0.05, 0.1) is 7.11 Å². The van der Waals surface area contributed by atoms with Gasteiger partial charge in [0.15, 0.2) is 0 Å². The fraction of sp³-hybridized carbons (Fsp3) is 0.400. The van der Waals surface area contributed by atoms with Crippen LogP contribution in [0.2, 0.25) is 0 Å². The monoisotopic (exact) mass is 263 g/mol. The number of hydrogen-bond acceptors (Lipinski definition) is 3. The maximum atomic E-state index is 11.6. The number of nitrogens with one attached hydrogen (secondary N) is 1. The summed E-state index contributed by atoms with van der Waals surface area (Å²) in [5.41, 5.74) is 0.864. The second-order valence-electron chi connectivity index (χ2n) is 4.44. The maximum Gasteiger partial charge on any atom is 0.244 e. The molecule has 0 spiro atoms. The van der Waals surface area contributed by atoms with Crippen LogP contribution >= 0.6 is 0 Å². The maximum absolute atomic E-state index is 11.6. The molecule has 1 atom stereocenters. The fourth-order valence-corrected chi connectivity index (χ4v) is 1.63. The van der Waals surface area contributed by atoms with E-state index in [4.69, 9.17) is 9.84 Å². The Hall–Kier alpha value is -1.81. The van der Waals surface area contributed by atoms with E-state index in [0.29, 0.717) is 13.0 Å². The van der Waals surface area contributed by atoms with Gasteiger partial charge in [0.2, 0.25) is 5.91 Å². The molecule has 4 nitrogen and oxygen atoms in total.